The number of hydrogen-bond donors (Lipinski definition) is 1. The number of hydrogen-bond acceptors (Lipinski definition) is 2. The van der Waals surface area contributed by atoms with Crippen LogP contribution in [0.2, 0.25) is 5.02 Å². The van der Waals surface area contributed by atoms with E-state index in [9.17, 15) is 0 Å². The Morgan fingerprint density at radius 2 is 2.17 bits per heavy atom. The minimum Gasteiger partial charge on any atom is -0.326 e. The molecular weight excluding hydrogens is 246 g/mol. The monoisotopic (exact) mass is 265 g/mol. The molecule has 1 aromatic heterocycles. The number of benzene rings is 1. The summed E-state index contributed by atoms with van der Waals surface area (Å²) < 4.78 is 2.23. The maximum absolute atomic E-state index is 6.29. The van der Waals surface area contributed by atoms with Gasteiger partial charge in [0.05, 0.1) is 22.6 Å². The summed E-state index contributed by atoms with van der Waals surface area (Å²) in [5.74, 6) is 1.06. The zero-order chi connectivity index (χ0) is 13.1. The first-order chi connectivity index (χ1) is 8.63. The SMILES string of the molecule is CCCn1c(CNC(C)C)nc2cccc(Cl)c21. The molecule has 0 saturated carbocycles. The van der Waals surface area contributed by atoms with Crippen molar-refractivity contribution in [1.29, 1.82) is 0 Å². The van der Waals surface area contributed by atoms with Gasteiger partial charge < -0.3 is 9.88 Å². The highest BCUT2D eigenvalue weighted by Crippen LogP contribution is 2.24. The van der Waals surface area contributed by atoms with Crippen LogP contribution in [0, 0.1) is 0 Å². The van der Waals surface area contributed by atoms with Gasteiger partial charge in [-0.15, -0.1) is 0 Å². The van der Waals surface area contributed by atoms with Crippen molar-refractivity contribution in [3.63, 3.8) is 0 Å². The van der Waals surface area contributed by atoms with Gasteiger partial charge in [-0.1, -0.05) is 38.4 Å². The fourth-order valence-electron chi connectivity index (χ4n) is 2.08. The lowest BCUT2D eigenvalue weighted by Crippen LogP contribution is -2.24. The summed E-state index contributed by atoms with van der Waals surface area (Å²) >= 11 is 6.29. The van der Waals surface area contributed by atoms with Crippen LogP contribution in [0.4, 0.5) is 0 Å². The Labute approximate surface area is 113 Å². The maximum Gasteiger partial charge on any atom is 0.123 e. The van der Waals surface area contributed by atoms with Crippen molar-refractivity contribution in [2.75, 3.05) is 0 Å². The highest BCUT2D eigenvalue weighted by atomic mass is 35.5. The third-order valence-corrected chi connectivity index (χ3v) is 3.22. The first-order valence-electron chi connectivity index (χ1n) is 6.50. The van der Waals surface area contributed by atoms with Crippen molar-refractivity contribution in [1.82, 2.24) is 14.9 Å². The summed E-state index contributed by atoms with van der Waals surface area (Å²) in [6.45, 7) is 8.18. The number of fused-ring (bicyclic) bond motifs is 1. The summed E-state index contributed by atoms with van der Waals surface area (Å²) in [5.41, 5.74) is 2.04. The molecule has 0 spiro atoms. The van der Waals surface area contributed by atoms with Gasteiger partial charge in [-0.05, 0) is 18.6 Å². The third kappa shape index (κ3) is 2.68. The maximum atomic E-state index is 6.29. The van der Waals surface area contributed by atoms with Gasteiger partial charge in [0.2, 0.25) is 0 Å². The van der Waals surface area contributed by atoms with Gasteiger partial charge in [-0.25, -0.2) is 4.98 Å². The zero-order valence-electron chi connectivity index (χ0n) is 11.2. The van der Waals surface area contributed by atoms with E-state index in [0.717, 1.165) is 41.4 Å². The minimum absolute atomic E-state index is 0.454. The van der Waals surface area contributed by atoms with E-state index in [1.165, 1.54) is 0 Å². The van der Waals surface area contributed by atoms with Crippen LogP contribution in [0.15, 0.2) is 18.2 Å². The molecule has 0 atom stereocenters. The normalized spacial score (nSPS) is 11.6. The zero-order valence-corrected chi connectivity index (χ0v) is 12.0. The summed E-state index contributed by atoms with van der Waals surface area (Å²) in [6, 6.07) is 6.35. The number of aromatic nitrogens is 2. The fourth-order valence-corrected chi connectivity index (χ4v) is 2.36. The standard InChI is InChI=1S/C14H20ClN3/c1-4-8-18-13(9-16-10(2)3)17-12-7-5-6-11(15)14(12)18/h5-7,10,16H,4,8-9H2,1-3H3. The number of rotatable bonds is 5. The second-order valence-electron chi connectivity index (χ2n) is 4.82. The Kier molecular flexibility index (Phi) is 4.25. The van der Waals surface area contributed by atoms with Gasteiger partial charge in [0.1, 0.15) is 5.82 Å². The average molecular weight is 266 g/mol. The van der Waals surface area contributed by atoms with Crippen molar-refractivity contribution in [3.8, 4) is 0 Å². The van der Waals surface area contributed by atoms with E-state index in [2.05, 4.69) is 35.6 Å². The molecule has 1 N–H and O–H groups in total. The molecule has 0 amide bonds. The number of aryl methyl sites for hydroxylation is 1. The Hall–Kier alpha value is -1.06. The predicted octanol–water partition coefficient (Wildman–Crippen LogP) is 3.60. The second kappa shape index (κ2) is 5.72. The number of halogens is 1. The van der Waals surface area contributed by atoms with E-state index < -0.39 is 0 Å². The predicted molar refractivity (Wildman–Crippen MR) is 77.0 cm³/mol. The lowest BCUT2D eigenvalue weighted by molar-refractivity contribution is 0.546. The molecule has 1 aromatic carbocycles. The van der Waals surface area contributed by atoms with E-state index in [1.807, 2.05) is 18.2 Å². The average Bonchev–Trinajstić information content (AvgIpc) is 2.67. The van der Waals surface area contributed by atoms with Crippen LogP contribution < -0.4 is 5.32 Å². The van der Waals surface area contributed by atoms with E-state index in [4.69, 9.17) is 11.6 Å². The van der Waals surface area contributed by atoms with Gasteiger partial charge in [0.15, 0.2) is 0 Å². The molecule has 0 unspecified atom stereocenters. The van der Waals surface area contributed by atoms with Gasteiger partial charge in [-0.2, -0.15) is 0 Å². The fraction of sp³-hybridized carbons (Fsp3) is 0.500. The molecule has 0 saturated heterocycles. The van der Waals surface area contributed by atoms with Gasteiger partial charge >= 0.3 is 0 Å². The lowest BCUT2D eigenvalue weighted by atomic mass is 10.3. The number of nitrogens with one attached hydrogen (secondary N) is 1. The molecule has 0 fully saturated rings. The Bertz CT molecular complexity index is 531. The minimum atomic E-state index is 0.454. The Balaban J connectivity index is 2.44. The molecule has 98 valence electrons. The highest BCUT2D eigenvalue weighted by molar-refractivity contribution is 6.35. The molecule has 0 aliphatic heterocycles. The van der Waals surface area contributed by atoms with Crippen molar-refractivity contribution in [3.05, 3.63) is 29.0 Å². The molecule has 3 nitrogen and oxygen atoms in total. The quantitative estimate of drug-likeness (QED) is 0.895. The van der Waals surface area contributed by atoms with Crippen LogP contribution in [0.25, 0.3) is 11.0 Å². The number of para-hydroxylation sites is 1. The topological polar surface area (TPSA) is 29.9 Å². The molecular formula is C14H20ClN3. The van der Waals surface area contributed by atoms with E-state index in [1.54, 1.807) is 0 Å². The van der Waals surface area contributed by atoms with Gasteiger partial charge in [0.25, 0.3) is 0 Å². The lowest BCUT2D eigenvalue weighted by Gasteiger charge is -2.11. The van der Waals surface area contributed by atoms with Crippen LogP contribution in [0.5, 0.6) is 0 Å². The molecule has 0 bridgehead atoms. The van der Waals surface area contributed by atoms with Crippen molar-refractivity contribution >= 4 is 22.6 Å². The largest absolute Gasteiger partial charge is 0.326 e. The van der Waals surface area contributed by atoms with Crippen LogP contribution in [-0.2, 0) is 13.1 Å². The second-order valence-corrected chi connectivity index (χ2v) is 5.23. The van der Waals surface area contributed by atoms with Crippen molar-refractivity contribution in [2.24, 2.45) is 0 Å². The van der Waals surface area contributed by atoms with Gasteiger partial charge in [0, 0.05) is 12.6 Å². The summed E-state index contributed by atoms with van der Waals surface area (Å²) in [7, 11) is 0. The molecule has 0 aliphatic rings. The van der Waals surface area contributed by atoms with E-state index in [0.29, 0.717) is 6.04 Å². The third-order valence-electron chi connectivity index (χ3n) is 2.91. The van der Waals surface area contributed by atoms with Crippen molar-refractivity contribution in [2.45, 2.75) is 46.3 Å². The first-order valence-corrected chi connectivity index (χ1v) is 6.88. The van der Waals surface area contributed by atoms with Gasteiger partial charge in [-0.3, -0.25) is 0 Å². The molecule has 1 heterocycles. The number of nitrogens with zero attached hydrogens (tertiary/aromatic N) is 2. The van der Waals surface area contributed by atoms with E-state index in [-0.39, 0.29) is 0 Å². The van der Waals surface area contributed by atoms with Crippen LogP contribution in [-0.4, -0.2) is 15.6 Å². The highest BCUT2D eigenvalue weighted by Gasteiger charge is 2.12. The molecule has 18 heavy (non-hydrogen) atoms. The Morgan fingerprint density at radius 1 is 1.39 bits per heavy atom. The van der Waals surface area contributed by atoms with Crippen LogP contribution >= 0.6 is 11.6 Å². The molecule has 0 aliphatic carbocycles. The molecule has 2 rings (SSSR count). The van der Waals surface area contributed by atoms with Crippen LogP contribution in [0.3, 0.4) is 0 Å². The summed E-state index contributed by atoms with van der Waals surface area (Å²) in [4.78, 5) is 4.68. The smallest absolute Gasteiger partial charge is 0.123 e. The summed E-state index contributed by atoms with van der Waals surface area (Å²) in [6.07, 6.45) is 1.07. The molecule has 2 aromatic rings. The first kappa shape index (κ1) is 13.4. The molecule has 0 radical (unpaired) electrons. The number of imidazole rings is 1. The van der Waals surface area contributed by atoms with Crippen LogP contribution in [0.1, 0.15) is 33.0 Å². The van der Waals surface area contributed by atoms with Crippen molar-refractivity contribution < 1.29 is 0 Å². The Morgan fingerprint density at radius 3 is 2.83 bits per heavy atom. The van der Waals surface area contributed by atoms with E-state index >= 15 is 0 Å². The molecule has 4 heteroatoms. The summed E-state index contributed by atoms with van der Waals surface area (Å²) in [5, 5.41) is 4.20.